The molecular weight excluding hydrogens is 486 g/mol. The van der Waals surface area contributed by atoms with E-state index in [2.05, 4.69) is 18.8 Å². The number of ether oxygens (including phenoxy) is 1. The number of Topliss-reactive ketones (excluding diaryl/α,β-unsaturated/α-hetero) is 1. The molecule has 0 amide bonds. The third kappa shape index (κ3) is 3.05. The number of nitrogens with zero attached hydrogens (tertiary/aromatic N) is 1. The number of carbonyl (C=O) groups excluding carboxylic acids is 2. The van der Waals surface area contributed by atoms with Crippen molar-refractivity contribution >= 4 is 11.8 Å². The zero-order valence-electron chi connectivity index (χ0n) is 21.9. The number of esters is 1. The number of carbonyl (C=O) groups is 2. The maximum absolute atomic E-state index is 14.4. The average Bonchev–Trinajstić information content (AvgIpc) is 3.20. The molecule has 0 saturated heterocycles. The molecule has 8 heteroatoms. The summed E-state index contributed by atoms with van der Waals surface area (Å²) in [5, 5.41) is 34.4. The summed E-state index contributed by atoms with van der Waals surface area (Å²) in [7, 11) is 0. The van der Waals surface area contributed by atoms with E-state index in [1.54, 1.807) is 43.3 Å². The first-order valence-corrected chi connectivity index (χ1v) is 13.2. The third-order valence-electron chi connectivity index (χ3n) is 9.92. The lowest BCUT2D eigenvalue weighted by Gasteiger charge is -2.48. The molecule has 1 aromatic carbocycles. The number of hydrogen-bond donors (Lipinski definition) is 3. The van der Waals surface area contributed by atoms with Crippen molar-refractivity contribution in [2.75, 3.05) is 6.61 Å². The van der Waals surface area contributed by atoms with Crippen molar-refractivity contribution in [2.24, 2.45) is 34.5 Å². The van der Waals surface area contributed by atoms with Gasteiger partial charge in [0.15, 0.2) is 35.3 Å². The zero-order chi connectivity index (χ0) is 27.2. The molecule has 4 aliphatic rings. The van der Waals surface area contributed by atoms with Gasteiger partial charge < -0.3 is 24.5 Å². The van der Waals surface area contributed by atoms with E-state index < -0.39 is 41.7 Å². The maximum atomic E-state index is 14.4. The molecule has 4 aliphatic carbocycles. The van der Waals surface area contributed by atoms with Gasteiger partial charge in [-0.2, -0.15) is 0 Å². The van der Waals surface area contributed by atoms with Crippen LogP contribution in [-0.4, -0.2) is 56.5 Å². The third-order valence-corrected chi connectivity index (χ3v) is 9.92. The molecule has 8 nitrogen and oxygen atoms in total. The van der Waals surface area contributed by atoms with E-state index in [9.17, 15) is 24.9 Å². The number of aliphatic hydroxyl groups excluding tert-OH is 2. The van der Waals surface area contributed by atoms with Crippen molar-refractivity contribution < 1.29 is 34.1 Å². The van der Waals surface area contributed by atoms with Gasteiger partial charge in [0.1, 0.15) is 6.10 Å². The molecular formula is C30H33NO7. The predicted molar refractivity (Wildman–Crippen MR) is 136 cm³/mol. The number of oxazole rings is 1. The minimum atomic E-state index is -2.20. The van der Waals surface area contributed by atoms with Crippen molar-refractivity contribution in [3.63, 3.8) is 0 Å². The number of aliphatic hydroxyl groups is 3. The van der Waals surface area contributed by atoms with Crippen LogP contribution >= 0.6 is 0 Å². The largest absolute Gasteiger partial charge is 0.450 e. The molecule has 2 bridgehead atoms. The lowest BCUT2D eigenvalue weighted by molar-refractivity contribution is -0.190. The van der Waals surface area contributed by atoms with E-state index in [4.69, 9.17) is 9.15 Å². The fraction of sp³-hybridized carbons (Fsp3) is 0.500. The highest BCUT2D eigenvalue weighted by molar-refractivity contribution is 5.96. The van der Waals surface area contributed by atoms with Crippen LogP contribution in [0.1, 0.15) is 44.6 Å². The minimum Gasteiger partial charge on any atom is -0.450 e. The molecule has 8 atom stereocenters. The summed E-state index contributed by atoms with van der Waals surface area (Å²) >= 11 is 0. The number of fused-ring (bicyclic) bond motifs is 3. The first kappa shape index (κ1) is 25.2. The second kappa shape index (κ2) is 8.21. The van der Waals surface area contributed by atoms with E-state index in [-0.39, 0.29) is 46.0 Å². The summed E-state index contributed by atoms with van der Waals surface area (Å²) < 4.78 is 11.4. The molecule has 3 N–H and O–H groups in total. The van der Waals surface area contributed by atoms with Crippen molar-refractivity contribution in [1.29, 1.82) is 0 Å². The topological polar surface area (TPSA) is 130 Å². The second-order valence-electron chi connectivity index (χ2n) is 12.0. The SMILES string of the molecule is CC1=C[C@]23C(=O)[C@@H](C=C(CO)[C@@H](O)[C@]2(O)[C@H]1OC(=O)c1ncoc1-c1ccccc1)[C@H]1[C@@H](C[C@H]3C)C1(C)C. The highest BCUT2D eigenvalue weighted by Gasteiger charge is 2.76. The van der Waals surface area contributed by atoms with E-state index >= 15 is 0 Å². The maximum Gasteiger partial charge on any atom is 0.361 e. The highest BCUT2D eigenvalue weighted by atomic mass is 16.6. The molecule has 38 heavy (non-hydrogen) atoms. The van der Waals surface area contributed by atoms with Gasteiger partial charge in [0, 0.05) is 11.5 Å². The summed E-state index contributed by atoms with van der Waals surface area (Å²) in [4.78, 5) is 32.0. The van der Waals surface area contributed by atoms with Gasteiger partial charge in [0.2, 0.25) is 0 Å². The molecule has 1 heterocycles. The fourth-order valence-corrected chi connectivity index (χ4v) is 7.94. The Labute approximate surface area is 221 Å². The summed E-state index contributed by atoms with van der Waals surface area (Å²) in [6.07, 6.45) is 2.23. The van der Waals surface area contributed by atoms with Gasteiger partial charge in [-0.1, -0.05) is 63.3 Å². The van der Waals surface area contributed by atoms with Gasteiger partial charge >= 0.3 is 5.97 Å². The Balaban J connectivity index is 1.44. The first-order chi connectivity index (χ1) is 18.0. The summed E-state index contributed by atoms with van der Waals surface area (Å²) in [5.74, 6) is -1.42. The van der Waals surface area contributed by atoms with E-state index in [1.165, 1.54) is 0 Å². The molecule has 0 radical (unpaired) electrons. The monoisotopic (exact) mass is 519 g/mol. The molecule has 1 aromatic heterocycles. The molecule has 2 fully saturated rings. The van der Waals surface area contributed by atoms with Gasteiger partial charge in [-0.3, -0.25) is 4.79 Å². The Morgan fingerprint density at radius 2 is 1.95 bits per heavy atom. The van der Waals surface area contributed by atoms with Gasteiger partial charge in [-0.15, -0.1) is 0 Å². The lowest BCUT2D eigenvalue weighted by atomic mass is 9.59. The molecule has 2 saturated carbocycles. The lowest BCUT2D eigenvalue weighted by Crippen LogP contribution is -2.65. The Hall–Kier alpha value is -3.07. The molecule has 0 unspecified atom stereocenters. The van der Waals surface area contributed by atoms with E-state index in [0.717, 1.165) is 6.39 Å². The number of allylic oxidation sites excluding steroid dienone is 1. The van der Waals surface area contributed by atoms with Gasteiger partial charge in [-0.05, 0) is 47.7 Å². The van der Waals surface area contributed by atoms with Crippen LogP contribution in [0.25, 0.3) is 11.3 Å². The van der Waals surface area contributed by atoms with Crippen LogP contribution in [0.4, 0.5) is 0 Å². The number of hydrogen-bond acceptors (Lipinski definition) is 8. The summed E-state index contributed by atoms with van der Waals surface area (Å²) in [5.41, 5.74) is -2.57. The number of rotatable bonds is 4. The molecule has 0 aliphatic heterocycles. The van der Waals surface area contributed by atoms with Gasteiger partial charge in [0.05, 0.1) is 12.0 Å². The molecule has 6 rings (SSSR count). The second-order valence-corrected chi connectivity index (χ2v) is 12.0. The standard InChI is InChI=1S/C30H33NO7/c1-15-12-29-16(2)10-20-21(28(20,3)4)19(25(29)34)11-18(13-32)24(33)30(29,36)26(15)38-27(35)22-23(37-14-31-22)17-8-6-5-7-9-17/h5-9,11-12,14,16,19-21,24,26,32-33,36H,10,13H2,1-4H3/t16-,19+,20-,21+,24-,26+,29+,30+/m1/s1. The van der Waals surface area contributed by atoms with Crippen LogP contribution in [0, 0.1) is 34.5 Å². The average molecular weight is 520 g/mol. The number of ketones is 1. The van der Waals surface area contributed by atoms with E-state index in [0.29, 0.717) is 17.6 Å². The molecule has 1 spiro atoms. The zero-order valence-corrected chi connectivity index (χ0v) is 21.9. The summed E-state index contributed by atoms with van der Waals surface area (Å²) in [6, 6.07) is 8.98. The number of benzene rings is 1. The van der Waals surface area contributed by atoms with Crippen LogP contribution in [0.2, 0.25) is 0 Å². The highest BCUT2D eigenvalue weighted by Crippen LogP contribution is 2.71. The normalized spacial score (nSPS) is 38.8. The Morgan fingerprint density at radius 1 is 1.24 bits per heavy atom. The van der Waals surface area contributed by atoms with Gasteiger partial charge in [-0.25, -0.2) is 9.78 Å². The fourth-order valence-electron chi connectivity index (χ4n) is 7.94. The van der Waals surface area contributed by atoms with Crippen molar-refractivity contribution in [3.8, 4) is 11.3 Å². The summed E-state index contributed by atoms with van der Waals surface area (Å²) in [6.45, 7) is 7.37. The van der Waals surface area contributed by atoms with Crippen molar-refractivity contribution in [3.05, 3.63) is 65.7 Å². The molecule has 2 aromatic rings. The van der Waals surface area contributed by atoms with Gasteiger partial charge in [0.25, 0.3) is 0 Å². The Morgan fingerprint density at radius 3 is 2.63 bits per heavy atom. The van der Waals surface area contributed by atoms with Crippen LogP contribution in [0.5, 0.6) is 0 Å². The predicted octanol–water partition coefficient (Wildman–Crippen LogP) is 3.33. The quantitative estimate of drug-likeness (QED) is 0.414. The smallest absolute Gasteiger partial charge is 0.361 e. The van der Waals surface area contributed by atoms with E-state index in [1.807, 2.05) is 13.0 Å². The molecule has 200 valence electrons. The van der Waals surface area contributed by atoms with Crippen molar-refractivity contribution in [1.82, 2.24) is 4.98 Å². The number of aromatic nitrogens is 1. The Kier molecular flexibility index (Phi) is 5.45. The van der Waals surface area contributed by atoms with Crippen LogP contribution in [-0.2, 0) is 9.53 Å². The Bertz CT molecular complexity index is 1370. The van der Waals surface area contributed by atoms with Crippen LogP contribution < -0.4 is 0 Å². The van der Waals surface area contributed by atoms with Crippen LogP contribution in [0.15, 0.2) is 64.4 Å². The minimum absolute atomic E-state index is 0.0480. The van der Waals surface area contributed by atoms with Crippen LogP contribution in [0.3, 0.4) is 0 Å². The van der Waals surface area contributed by atoms with Crippen molar-refractivity contribution in [2.45, 2.75) is 51.9 Å². The first-order valence-electron chi connectivity index (χ1n) is 13.2.